The Labute approximate surface area is 140 Å². The van der Waals surface area contributed by atoms with Gasteiger partial charge in [-0.15, -0.1) is 0 Å². The quantitative estimate of drug-likeness (QED) is 0.717. The molecular weight excluding hydrogens is 302 g/mol. The van der Waals surface area contributed by atoms with Crippen molar-refractivity contribution in [1.82, 2.24) is 9.97 Å². The number of hydrogen-bond donors (Lipinski definition) is 1. The van der Waals surface area contributed by atoms with E-state index in [9.17, 15) is 4.79 Å². The number of methoxy groups -OCH3 is 1. The number of carbonyl (C=O) groups excluding carboxylic acids is 1. The van der Waals surface area contributed by atoms with Crippen molar-refractivity contribution in [2.75, 3.05) is 12.4 Å². The molecule has 3 rings (SSSR count). The zero-order chi connectivity index (χ0) is 16.9. The molecule has 0 aliphatic rings. The van der Waals surface area contributed by atoms with E-state index in [0.29, 0.717) is 17.3 Å². The average Bonchev–Trinajstić information content (AvgIpc) is 2.63. The van der Waals surface area contributed by atoms with Crippen LogP contribution in [0.5, 0.6) is 5.88 Å². The van der Waals surface area contributed by atoms with Gasteiger partial charge in [0.05, 0.1) is 19.0 Å². The van der Waals surface area contributed by atoms with Crippen LogP contribution in [0, 0.1) is 0 Å². The lowest BCUT2D eigenvalue weighted by Gasteiger charge is -2.08. The Bertz CT molecular complexity index is 843. The van der Waals surface area contributed by atoms with Gasteiger partial charge < -0.3 is 10.1 Å². The fourth-order valence-electron chi connectivity index (χ4n) is 2.28. The molecule has 2 aromatic heterocycles. The first kappa shape index (κ1) is 15.7. The highest BCUT2D eigenvalue weighted by Gasteiger charge is 2.04. The lowest BCUT2D eigenvalue weighted by molar-refractivity contribution is 0.101. The first-order chi connectivity index (χ1) is 11.7. The topological polar surface area (TPSA) is 64.1 Å². The van der Waals surface area contributed by atoms with Crippen molar-refractivity contribution < 1.29 is 9.53 Å². The summed E-state index contributed by atoms with van der Waals surface area (Å²) in [4.78, 5) is 20.0. The smallest absolute Gasteiger partial charge is 0.213 e. The van der Waals surface area contributed by atoms with Crippen molar-refractivity contribution in [2.45, 2.75) is 6.92 Å². The number of hydrogen-bond acceptors (Lipinski definition) is 5. The predicted molar refractivity (Wildman–Crippen MR) is 93.7 cm³/mol. The van der Waals surface area contributed by atoms with E-state index in [1.165, 1.54) is 0 Å². The first-order valence-electron chi connectivity index (χ1n) is 7.50. The van der Waals surface area contributed by atoms with Crippen LogP contribution in [0.3, 0.4) is 0 Å². The minimum absolute atomic E-state index is 0.0510. The highest BCUT2D eigenvalue weighted by atomic mass is 16.5. The van der Waals surface area contributed by atoms with E-state index in [-0.39, 0.29) is 5.78 Å². The van der Waals surface area contributed by atoms with Crippen molar-refractivity contribution >= 4 is 17.3 Å². The Morgan fingerprint density at radius 1 is 1.00 bits per heavy atom. The van der Waals surface area contributed by atoms with Gasteiger partial charge in [-0.05, 0) is 36.8 Å². The van der Waals surface area contributed by atoms with Crippen molar-refractivity contribution in [1.29, 1.82) is 0 Å². The second-order valence-corrected chi connectivity index (χ2v) is 5.28. The average molecular weight is 319 g/mol. The van der Waals surface area contributed by atoms with Gasteiger partial charge in [0, 0.05) is 23.4 Å². The summed E-state index contributed by atoms with van der Waals surface area (Å²) >= 11 is 0. The van der Waals surface area contributed by atoms with E-state index < -0.39 is 0 Å². The molecule has 1 aromatic carbocycles. The molecule has 0 bridgehead atoms. The minimum atomic E-state index is 0.0510. The number of carbonyl (C=O) groups is 1. The fraction of sp³-hybridized carbons (Fsp3) is 0.105. The molecule has 0 spiro atoms. The van der Waals surface area contributed by atoms with Gasteiger partial charge in [0.25, 0.3) is 0 Å². The Hall–Kier alpha value is -3.21. The molecule has 0 radical (unpaired) electrons. The van der Waals surface area contributed by atoms with E-state index >= 15 is 0 Å². The Kier molecular flexibility index (Phi) is 4.52. The molecule has 5 nitrogen and oxygen atoms in total. The second-order valence-electron chi connectivity index (χ2n) is 5.28. The molecule has 0 amide bonds. The molecule has 3 aromatic rings. The van der Waals surface area contributed by atoms with Crippen LogP contribution in [-0.2, 0) is 0 Å². The minimum Gasteiger partial charge on any atom is -0.481 e. The van der Waals surface area contributed by atoms with Gasteiger partial charge in [-0.3, -0.25) is 4.79 Å². The van der Waals surface area contributed by atoms with E-state index in [1.54, 1.807) is 32.5 Å². The molecule has 1 N–H and O–H groups in total. The molecule has 0 aliphatic heterocycles. The zero-order valence-electron chi connectivity index (χ0n) is 13.5. The number of rotatable bonds is 5. The zero-order valence-corrected chi connectivity index (χ0v) is 13.5. The monoisotopic (exact) mass is 319 g/mol. The Morgan fingerprint density at radius 3 is 2.50 bits per heavy atom. The number of ether oxygens (including phenoxy) is 1. The van der Waals surface area contributed by atoms with E-state index in [4.69, 9.17) is 4.74 Å². The van der Waals surface area contributed by atoms with Gasteiger partial charge in [0.2, 0.25) is 5.88 Å². The van der Waals surface area contributed by atoms with Crippen LogP contribution in [-0.4, -0.2) is 22.9 Å². The fourth-order valence-corrected chi connectivity index (χ4v) is 2.28. The molecule has 120 valence electrons. The predicted octanol–water partition coefficient (Wildman–Crippen LogP) is 4.10. The third kappa shape index (κ3) is 3.57. The SMILES string of the molecule is COc1ccc(Nc2ccc(-c3cccc(C(C)=O)c3)cn2)cn1. The number of benzene rings is 1. The van der Waals surface area contributed by atoms with Crippen LogP contribution in [0.25, 0.3) is 11.1 Å². The molecule has 0 atom stereocenters. The van der Waals surface area contributed by atoms with Crippen LogP contribution in [0.4, 0.5) is 11.5 Å². The van der Waals surface area contributed by atoms with Crippen LogP contribution >= 0.6 is 0 Å². The Morgan fingerprint density at radius 2 is 1.88 bits per heavy atom. The molecule has 2 heterocycles. The maximum atomic E-state index is 11.5. The molecule has 24 heavy (non-hydrogen) atoms. The molecule has 0 aliphatic carbocycles. The van der Waals surface area contributed by atoms with E-state index in [2.05, 4.69) is 15.3 Å². The highest BCUT2D eigenvalue weighted by molar-refractivity contribution is 5.95. The summed E-state index contributed by atoms with van der Waals surface area (Å²) in [7, 11) is 1.58. The number of nitrogens with one attached hydrogen (secondary N) is 1. The van der Waals surface area contributed by atoms with Crippen molar-refractivity contribution in [3.63, 3.8) is 0 Å². The third-order valence-electron chi connectivity index (χ3n) is 3.58. The summed E-state index contributed by atoms with van der Waals surface area (Å²) in [5.74, 6) is 1.33. The molecule has 0 unspecified atom stereocenters. The van der Waals surface area contributed by atoms with Crippen molar-refractivity contribution in [3.8, 4) is 17.0 Å². The van der Waals surface area contributed by atoms with E-state index in [0.717, 1.165) is 16.8 Å². The largest absolute Gasteiger partial charge is 0.481 e. The maximum absolute atomic E-state index is 11.5. The lowest BCUT2D eigenvalue weighted by atomic mass is 10.0. The van der Waals surface area contributed by atoms with Crippen LogP contribution in [0.15, 0.2) is 60.9 Å². The van der Waals surface area contributed by atoms with Crippen LogP contribution in [0.2, 0.25) is 0 Å². The number of pyridine rings is 2. The summed E-state index contributed by atoms with van der Waals surface area (Å²) in [6.07, 6.45) is 3.46. The molecule has 5 heteroatoms. The van der Waals surface area contributed by atoms with Gasteiger partial charge in [0.15, 0.2) is 5.78 Å². The number of Topliss-reactive ketones (excluding diaryl/α,β-unsaturated/α-hetero) is 1. The van der Waals surface area contributed by atoms with Crippen molar-refractivity contribution in [2.24, 2.45) is 0 Å². The molecular formula is C19H17N3O2. The number of nitrogens with zero attached hydrogens (tertiary/aromatic N) is 2. The summed E-state index contributed by atoms with van der Waals surface area (Å²) < 4.78 is 5.03. The number of ketones is 1. The first-order valence-corrected chi connectivity index (χ1v) is 7.50. The van der Waals surface area contributed by atoms with Gasteiger partial charge in [0.1, 0.15) is 5.82 Å². The summed E-state index contributed by atoms with van der Waals surface area (Å²) in [5.41, 5.74) is 3.44. The third-order valence-corrected chi connectivity index (χ3v) is 3.58. The molecule has 0 saturated heterocycles. The van der Waals surface area contributed by atoms with Gasteiger partial charge >= 0.3 is 0 Å². The lowest BCUT2D eigenvalue weighted by Crippen LogP contribution is -1.95. The summed E-state index contributed by atoms with van der Waals surface area (Å²) in [6.45, 7) is 1.56. The van der Waals surface area contributed by atoms with Gasteiger partial charge in [-0.2, -0.15) is 0 Å². The summed E-state index contributed by atoms with van der Waals surface area (Å²) in [6, 6.07) is 15.0. The van der Waals surface area contributed by atoms with Crippen molar-refractivity contribution in [3.05, 3.63) is 66.5 Å². The molecule has 0 saturated carbocycles. The Balaban J connectivity index is 1.77. The summed E-state index contributed by atoms with van der Waals surface area (Å²) in [5, 5.41) is 3.18. The normalized spacial score (nSPS) is 10.2. The van der Waals surface area contributed by atoms with Gasteiger partial charge in [-0.25, -0.2) is 9.97 Å². The maximum Gasteiger partial charge on any atom is 0.213 e. The van der Waals surface area contributed by atoms with Crippen LogP contribution < -0.4 is 10.1 Å². The molecule has 0 fully saturated rings. The standard InChI is InChI=1S/C19H17N3O2/c1-13(23)14-4-3-5-15(10-14)16-6-8-18(20-11-16)22-17-7-9-19(24-2)21-12-17/h3-12H,1-2H3,(H,20,22). The van der Waals surface area contributed by atoms with Gasteiger partial charge in [-0.1, -0.05) is 18.2 Å². The van der Waals surface area contributed by atoms with Crippen LogP contribution in [0.1, 0.15) is 17.3 Å². The highest BCUT2D eigenvalue weighted by Crippen LogP contribution is 2.22. The number of aromatic nitrogens is 2. The van der Waals surface area contributed by atoms with E-state index in [1.807, 2.05) is 42.5 Å². The number of anilines is 2. The second kappa shape index (κ2) is 6.91.